The second-order valence-electron chi connectivity index (χ2n) is 9.68. The van der Waals surface area contributed by atoms with Gasteiger partial charge >= 0.3 is 11.7 Å². The highest BCUT2D eigenvalue weighted by molar-refractivity contribution is 5.73. The van der Waals surface area contributed by atoms with Gasteiger partial charge in [0, 0.05) is 24.3 Å². The van der Waals surface area contributed by atoms with Gasteiger partial charge in [0.05, 0.1) is 31.6 Å². The number of ether oxygens (including phenoxy) is 1. The van der Waals surface area contributed by atoms with Gasteiger partial charge in [0.2, 0.25) is 0 Å². The maximum absolute atomic E-state index is 12.8. The minimum Gasteiger partial charge on any atom is -0.463 e. The molecule has 1 fully saturated rings. The molecule has 1 aliphatic heterocycles. The number of nitrogens with one attached hydrogen (secondary N) is 2. The molecule has 0 radical (unpaired) electrons. The van der Waals surface area contributed by atoms with Crippen LogP contribution < -0.4 is 15.7 Å². The van der Waals surface area contributed by atoms with Crippen LogP contribution in [-0.4, -0.2) is 48.5 Å². The molecule has 36 heavy (non-hydrogen) atoms. The van der Waals surface area contributed by atoms with E-state index in [1.54, 1.807) is 4.57 Å². The monoisotopic (exact) mass is 485 g/mol. The van der Waals surface area contributed by atoms with Gasteiger partial charge in [-0.05, 0) is 49.3 Å². The number of aromatic nitrogens is 6. The van der Waals surface area contributed by atoms with Crippen molar-refractivity contribution in [2.45, 2.75) is 58.2 Å². The minimum absolute atomic E-state index is 0.200. The molecule has 0 atom stereocenters. The van der Waals surface area contributed by atoms with Crippen LogP contribution in [0.25, 0.3) is 22.3 Å². The van der Waals surface area contributed by atoms with Crippen LogP contribution in [0, 0.1) is 6.92 Å². The molecule has 6 rings (SSSR count). The van der Waals surface area contributed by atoms with E-state index in [0.717, 1.165) is 42.6 Å². The number of nitrogens with zero attached hydrogens (tertiary/aromatic N) is 5. The van der Waals surface area contributed by atoms with Gasteiger partial charge in [0.25, 0.3) is 0 Å². The smallest absolute Gasteiger partial charge is 0.328 e. The van der Waals surface area contributed by atoms with E-state index in [-0.39, 0.29) is 5.69 Å². The first-order valence-electron chi connectivity index (χ1n) is 12.8. The molecule has 1 aromatic carbocycles. The summed E-state index contributed by atoms with van der Waals surface area (Å²) in [7, 11) is 0. The lowest BCUT2D eigenvalue weighted by Gasteiger charge is -2.26. The highest BCUT2D eigenvalue weighted by Gasteiger charge is 2.17. The van der Waals surface area contributed by atoms with Crippen LogP contribution in [0.4, 0.5) is 0 Å². The Bertz CT molecular complexity index is 1480. The van der Waals surface area contributed by atoms with Crippen LogP contribution in [0.15, 0.2) is 47.5 Å². The Balaban J connectivity index is 1.31. The number of allylic oxidation sites excluding steroid dienone is 1. The molecule has 4 aromatic rings. The Kier molecular flexibility index (Phi) is 6.14. The van der Waals surface area contributed by atoms with Gasteiger partial charge in [0.15, 0.2) is 5.65 Å². The zero-order valence-corrected chi connectivity index (χ0v) is 20.5. The van der Waals surface area contributed by atoms with E-state index in [0.29, 0.717) is 42.1 Å². The molecule has 186 valence electrons. The Morgan fingerprint density at radius 3 is 3.00 bits per heavy atom. The van der Waals surface area contributed by atoms with Crippen LogP contribution in [0.3, 0.4) is 0 Å². The Hall–Kier alpha value is -3.72. The maximum atomic E-state index is 12.8. The molecule has 9 nitrogen and oxygen atoms in total. The molecule has 0 unspecified atom stereocenters. The first-order chi connectivity index (χ1) is 17.6. The summed E-state index contributed by atoms with van der Waals surface area (Å²) in [4.78, 5) is 24.6. The van der Waals surface area contributed by atoms with Crippen molar-refractivity contribution in [3.05, 3.63) is 70.0 Å². The molecule has 0 amide bonds. The average molecular weight is 486 g/mol. The molecule has 1 aliphatic carbocycles. The van der Waals surface area contributed by atoms with E-state index in [9.17, 15) is 4.79 Å². The first kappa shape index (κ1) is 22.7. The number of hydrogen-bond donors (Lipinski definition) is 2. The van der Waals surface area contributed by atoms with Crippen LogP contribution in [0.1, 0.15) is 42.5 Å². The van der Waals surface area contributed by atoms with Gasteiger partial charge in [-0.15, -0.1) is 0 Å². The number of fused-ring (bicyclic) bond motifs is 3. The zero-order chi connectivity index (χ0) is 24.5. The van der Waals surface area contributed by atoms with Crippen LogP contribution >= 0.6 is 0 Å². The summed E-state index contributed by atoms with van der Waals surface area (Å²) in [5.74, 6) is 0. The highest BCUT2D eigenvalue weighted by atomic mass is 16.5. The topological polar surface area (TPSA) is 103 Å². The van der Waals surface area contributed by atoms with Crippen molar-refractivity contribution in [2.75, 3.05) is 13.2 Å². The lowest BCUT2D eigenvalue weighted by molar-refractivity contribution is 0.299. The van der Waals surface area contributed by atoms with Gasteiger partial charge in [0.1, 0.15) is 5.52 Å². The molecule has 0 spiro atoms. The fourth-order valence-corrected chi connectivity index (χ4v) is 4.90. The van der Waals surface area contributed by atoms with Gasteiger partial charge in [-0.3, -0.25) is 9.25 Å². The third-order valence-electron chi connectivity index (χ3n) is 7.14. The highest BCUT2D eigenvalue weighted by Crippen LogP contribution is 2.27. The second kappa shape index (κ2) is 9.73. The molecular formula is C27H31N7O2. The minimum atomic E-state index is -0.200. The molecule has 2 N–H and O–H groups in total. The van der Waals surface area contributed by atoms with Crippen molar-refractivity contribution in [1.82, 2.24) is 34.6 Å². The summed E-state index contributed by atoms with van der Waals surface area (Å²) in [6.45, 7) is 4.54. The summed E-state index contributed by atoms with van der Waals surface area (Å²) in [6.07, 6.45) is 13.8. The fourth-order valence-electron chi connectivity index (χ4n) is 4.90. The van der Waals surface area contributed by atoms with Crippen LogP contribution in [-0.2, 0) is 19.5 Å². The van der Waals surface area contributed by atoms with Gasteiger partial charge in [-0.1, -0.05) is 36.8 Å². The van der Waals surface area contributed by atoms with Crippen molar-refractivity contribution in [1.29, 1.82) is 0 Å². The maximum Gasteiger partial charge on any atom is 0.328 e. The van der Waals surface area contributed by atoms with Crippen LogP contribution in [0.2, 0.25) is 0 Å². The van der Waals surface area contributed by atoms with Gasteiger partial charge in [-0.25, -0.2) is 4.79 Å². The number of rotatable bonds is 5. The molecule has 9 heteroatoms. The SMILES string of the molecule is Cc1nc2nc3c1[nH]c(=O)n3Cc1ccc(-c3cnn(CCNC4CCC4)c3)c(c1)C/C=C/CCO2. The molecule has 2 aliphatic rings. The standard InChI is InChI=1S/C27H31N7O2/c1-18-24-25-32-26(30-18)36-13-4-2-3-6-20-14-19(16-34(25)27(35)31-24)9-10-23(20)21-15-29-33(17-21)12-11-28-22-7-5-8-22/h2-3,9-10,14-15,17,22,28H,4-8,11-13,16H2,1H3,(H,31,35)/b3-2+. The van der Waals surface area contributed by atoms with Crippen molar-refractivity contribution >= 4 is 11.2 Å². The Morgan fingerprint density at radius 2 is 2.14 bits per heavy atom. The summed E-state index contributed by atoms with van der Waals surface area (Å²) in [5.41, 5.74) is 6.23. The average Bonchev–Trinajstić information content (AvgIpc) is 3.43. The Labute approximate surface area is 209 Å². The Morgan fingerprint density at radius 1 is 1.22 bits per heavy atom. The van der Waals surface area contributed by atoms with E-state index >= 15 is 0 Å². The molecule has 4 heterocycles. The first-order valence-corrected chi connectivity index (χ1v) is 12.8. The summed E-state index contributed by atoms with van der Waals surface area (Å²) >= 11 is 0. The summed E-state index contributed by atoms with van der Waals surface area (Å²) < 4.78 is 9.46. The van der Waals surface area contributed by atoms with E-state index in [4.69, 9.17) is 4.74 Å². The zero-order valence-electron chi connectivity index (χ0n) is 20.5. The second-order valence-corrected chi connectivity index (χ2v) is 9.68. The van der Waals surface area contributed by atoms with E-state index < -0.39 is 0 Å². The normalized spacial score (nSPS) is 17.0. The van der Waals surface area contributed by atoms with Gasteiger partial charge < -0.3 is 15.0 Å². The molecule has 4 bridgehead atoms. The predicted octanol–water partition coefficient (Wildman–Crippen LogP) is 3.36. The van der Waals surface area contributed by atoms with Gasteiger partial charge in [-0.2, -0.15) is 15.1 Å². The predicted molar refractivity (Wildman–Crippen MR) is 138 cm³/mol. The number of H-pyrrole nitrogens is 1. The number of benzene rings is 1. The number of imidazole rings is 1. The van der Waals surface area contributed by atoms with Crippen molar-refractivity contribution < 1.29 is 4.74 Å². The number of hydrogen-bond acceptors (Lipinski definition) is 6. The third-order valence-corrected chi connectivity index (χ3v) is 7.14. The van der Waals surface area contributed by atoms with Crippen molar-refractivity contribution in [3.63, 3.8) is 0 Å². The molecule has 3 aromatic heterocycles. The number of aryl methyl sites for hydroxylation is 1. The van der Waals surface area contributed by atoms with E-state index in [1.165, 1.54) is 24.8 Å². The molecule has 0 saturated heterocycles. The van der Waals surface area contributed by atoms with Crippen molar-refractivity contribution in [2.24, 2.45) is 0 Å². The largest absolute Gasteiger partial charge is 0.463 e. The quantitative estimate of drug-likeness (QED) is 0.420. The van der Waals surface area contributed by atoms with Crippen molar-refractivity contribution in [3.8, 4) is 17.1 Å². The molecular weight excluding hydrogens is 454 g/mol. The van der Waals surface area contributed by atoms with Crippen LogP contribution in [0.5, 0.6) is 6.01 Å². The van der Waals surface area contributed by atoms with E-state index in [2.05, 4.69) is 61.9 Å². The summed E-state index contributed by atoms with van der Waals surface area (Å²) in [6, 6.07) is 7.41. The molecule has 1 saturated carbocycles. The third kappa shape index (κ3) is 4.58. The van der Waals surface area contributed by atoms with E-state index in [1.807, 2.05) is 17.8 Å². The fraction of sp³-hybridized carbons (Fsp3) is 0.407. The lowest BCUT2D eigenvalue weighted by Crippen LogP contribution is -2.37. The lowest BCUT2D eigenvalue weighted by atomic mass is 9.93. The summed E-state index contributed by atoms with van der Waals surface area (Å²) in [5, 5.41) is 8.21. The number of aromatic amines is 1.